The number of anilines is 1. The van der Waals surface area contributed by atoms with Gasteiger partial charge in [-0.3, -0.25) is 9.69 Å². The van der Waals surface area contributed by atoms with E-state index in [0.29, 0.717) is 11.7 Å². The summed E-state index contributed by atoms with van der Waals surface area (Å²) in [6.07, 6.45) is 7.70. The van der Waals surface area contributed by atoms with Gasteiger partial charge in [0, 0.05) is 12.2 Å². The molecule has 0 bridgehead atoms. The second kappa shape index (κ2) is 11.5. The summed E-state index contributed by atoms with van der Waals surface area (Å²) < 4.78 is 1.84. The monoisotopic (exact) mass is 440 g/mol. The quantitative estimate of drug-likeness (QED) is 0.745. The lowest BCUT2D eigenvalue weighted by Crippen LogP contribution is -2.29. The van der Waals surface area contributed by atoms with Crippen LogP contribution in [0.1, 0.15) is 54.2 Å². The number of aromatic nitrogens is 3. The SMILES string of the molecule is Cl.Cl.O=C(Nc1cccc(CN2CCCCC2)c1)c1cn(C2CCNCC2)nn1. The molecule has 0 atom stereocenters. The molecule has 2 aromatic rings. The first-order valence-electron chi connectivity index (χ1n) is 10.0. The predicted molar refractivity (Wildman–Crippen MR) is 119 cm³/mol. The number of nitrogens with zero attached hydrogens (tertiary/aromatic N) is 4. The Kier molecular flexibility index (Phi) is 9.36. The summed E-state index contributed by atoms with van der Waals surface area (Å²) in [5.41, 5.74) is 2.41. The van der Waals surface area contributed by atoms with Crippen molar-refractivity contribution in [3.8, 4) is 0 Å². The van der Waals surface area contributed by atoms with E-state index in [1.165, 1.54) is 24.8 Å². The van der Waals surface area contributed by atoms with Gasteiger partial charge >= 0.3 is 0 Å². The van der Waals surface area contributed by atoms with Gasteiger partial charge in [-0.1, -0.05) is 23.8 Å². The van der Waals surface area contributed by atoms with Crippen LogP contribution in [0, 0.1) is 0 Å². The lowest BCUT2D eigenvalue weighted by atomic mass is 10.1. The zero-order valence-electron chi connectivity index (χ0n) is 16.5. The van der Waals surface area contributed by atoms with Crippen molar-refractivity contribution in [2.45, 2.75) is 44.7 Å². The molecular weight excluding hydrogens is 411 g/mol. The van der Waals surface area contributed by atoms with Gasteiger partial charge < -0.3 is 10.6 Å². The second-order valence-electron chi connectivity index (χ2n) is 7.56. The summed E-state index contributed by atoms with van der Waals surface area (Å²) in [6, 6.07) is 8.44. The highest BCUT2D eigenvalue weighted by Gasteiger charge is 2.19. The molecule has 0 radical (unpaired) electrons. The Balaban J connectivity index is 0.00000150. The molecule has 2 fully saturated rings. The Hall–Kier alpha value is -1.67. The Morgan fingerprint density at radius 3 is 2.66 bits per heavy atom. The number of rotatable bonds is 5. The average Bonchev–Trinajstić information content (AvgIpc) is 3.20. The normalized spacial score (nSPS) is 17.8. The van der Waals surface area contributed by atoms with Crippen LogP contribution in [-0.2, 0) is 6.54 Å². The zero-order valence-corrected chi connectivity index (χ0v) is 18.2. The van der Waals surface area contributed by atoms with Crippen molar-refractivity contribution in [1.29, 1.82) is 0 Å². The van der Waals surface area contributed by atoms with Crippen LogP contribution in [0.25, 0.3) is 0 Å². The van der Waals surface area contributed by atoms with Gasteiger partial charge in [-0.25, -0.2) is 4.68 Å². The van der Waals surface area contributed by atoms with Gasteiger partial charge in [-0.2, -0.15) is 0 Å². The molecule has 2 aliphatic heterocycles. The van der Waals surface area contributed by atoms with Crippen LogP contribution in [0.5, 0.6) is 0 Å². The number of carbonyl (C=O) groups is 1. The fourth-order valence-corrected chi connectivity index (χ4v) is 3.95. The van der Waals surface area contributed by atoms with Crippen LogP contribution in [0.4, 0.5) is 5.69 Å². The highest BCUT2D eigenvalue weighted by atomic mass is 35.5. The first-order chi connectivity index (χ1) is 13.3. The van der Waals surface area contributed by atoms with E-state index in [4.69, 9.17) is 0 Å². The first-order valence-corrected chi connectivity index (χ1v) is 10.0. The Labute approximate surface area is 184 Å². The maximum atomic E-state index is 12.6. The number of nitrogens with one attached hydrogen (secondary N) is 2. The van der Waals surface area contributed by atoms with E-state index in [1.54, 1.807) is 6.20 Å². The van der Waals surface area contributed by atoms with E-state index in [-0.39, 0.29) is 30.7 Å². The minimum atomic E-state index is -0.203. The van der Waals surface area contributed by atoms with E-state index >= 15 is 0 Å². The number of carbonyl (C=O) groups excluding carboxylic acids is 1. The highest BCUT2D eigenvalue weighted by molar-refractivity contribution is 6.02. The minimum absolute atomic E-state index is 0. The van der Waals surface area contributed by atoms with Crippen molar-refractivity contribution in [1.82, 2.24) is 25.2 Å². The number of hydrogen-bond donors (Lipinski definition) is 2. The summed E-state index contributed by atoms with van der Waals surface area (Å²) in [7, 11) is 0. The minimum Gasteiger partial charge on any atom is -0.321 e. The molecule has 0 spiro atoms. The number of halogens is 2. The topological polar surface area (TPSA) is 75.1 Å². The summed E-state index contributed by atoms with van der Waals surface area (Å²) in [4.78, 5) is 15.0. The van der Waals surface area contributed by atoms with Crippen molar-refractivity contribution in [2.24, 2.45) is 0 Å². The summed E-state index contributed by atoms with van der Waals surface area (Å²) in [5, 5.41) is 14.5. The van der Waals surface area contributed by atoms with Crippen molar-refractivity contribution >= 4 is 36.4 Å². The van der Waals surface area contributed by atoms with Crippen molar-refractivity contribution in [3.63, 3.8) is 0 Å². The molecule has 0 saturated carbocycles. The number of piperidine rings is 2. The predicted octanol–water partition coefficient (Wildman–Crippen LogP) is 3.28. The van der Waals surface area contributed by atoms with Crippen LogP contribution in [0.3, 0.4) is 0 Å². The molecule has 1 aromatic carbocycles. The van der Waals surface area contributed by atoms with Gasteiger partial charge in [0.2, 0.25) is 0 Å². The first kappa shape index (κ1) is 23.6. The van der Waals surface area contributed by atoms with E-state index < -0.39 is 0 Å². The fourth-order valence-electron chi connectivity index (χ4n) is 3.95. The molecule has 1 amide bonds. The molecule has 0 aliphatic carbocycles. The molecule has 2 aliphatic rings. The van der Waals surface area contributed by atoms with Crippen LogP contribution < -0.4 is 10.6 Å². The van der Waals surface area contributed by atoms with Gasteiger partial charge in [0.15, 0.2) is 5.69 Å². The van der Waals surface area contributed by atoms with Crippen LogP contribution in [0.15, 0.2) is 30.5 Å². The number of likely N-dealkylation sites (tertiary alicyclic amines) is 1. The van der Waals surface area contributed by atoms with Crippen LogP contribution >= 0.6 is 24.8 Å². The summed E-state index contributed by atoms with van der Waals surface area (Å²) in [6.45, 7) is 5.23. The van der Waals surface area contributed by atoms with Crippen molar-refractivity contribution < 1.29 is 4.79 Å². The molecule has 0 unspecified atom stereocenters. The number of hydrogen-bond acceptors (Lipinski definition) is 5. The van der Waals surface area contributed by atoms with E-state index in [2.05, 4.69) is 38.0 Å². The lowest BCUT2D eigenvalue weighted by molar-refractivity contribution is 0.102. The van der Waals surface area contributed by atoms with Gasteiger partial charge in [0.1, 0.15) is 0 Å². The van der Waals surface area contributed by atoms with Gasteiger partial charge in [-0.05, 0) is 69.6 Å². The van der Waals surface area contributed by atoms with Gasteiger partial charge in [0.25, 0.3) is 5.91 Å². The molecule has 1 aromatic heterocycles. The Bertz CT molecular complexity index is 772. The second-order valence-corrected chi connectivity index (χ2v) is 7.56. The van der Waals surface area contributed by atoms with Crippen LogP contribution in [0.2, 0.25) is 0 Å². The lowest BCUT2D eigenvalue weighted by Gasteiger charge is -2.26. The van der Waals surface area contributed by atoms with E-state index in [1.807, 2.05) is 16.8 Å². The van der Waals surface area contributed by atoms with Gasteiger partial charge in [0.05, 0.1) is 12.2 Å². The maximum Gasteiger partial charge on any atom is 0.277 e. The molecule has 3 heterocycles. The molecule has 2 N–H and O–H groups in total. The molecule has 7 nitrogen and oxygen atoms in total. The average molecular weight is 441 g/mol. The fraction of sp³-hybridized carbons (Fsp3) is 0.550. The number of benzene rings is 1. The van der Waals surface area contributed by atoms with Crippen molar-refractivity contribution in [2.75, 3.05) is 31.5 Å². The molecular formula is C20H30Cl2N6O. The smallest absolute Gasteiger partial charge is 0.277 e. The van der Waals surface area contributed by atoms with E-state index in [0.717, 1.165) is 51.3 Å². The summed E-state index contributed by atoms with van der Waals surface area (Å²) >= 11 is 0. The molecule has 160 valence electrons. The summed E-state index contributed by atoms with van der Waals surface area (Å²) in [5.74, 6) is -0.203. The molecule has 4 rings (SSSR count). The highest BCUT2D eigenvalue weighted by Crippen LogP contribution is 2.19. The third-order valence-corrected chi connectivity index (χ3v) is 5.47. The van der Waals surface area contributed by atoms with Gasteiger partial charge in [-0.15, -0.1) is 29.9 Å². The number of amides is 1. The van der Waals surface area contributed by atoms with Crippen molar-refractivity contribution in [3.05, 3.63) is 41.7 Å². The zero-order chi connectivity index (χ0) is 18.5. The maximum absolute atomic E-state index is 12.6. The standard InChI is InChI=1S/C20H28N6O.2ClH/c27-20(19-15-26(24-23-19)18-7-9-21-10-8-18)22-17-6-4-5-16(13-17)14-25-11-2-1-3-12-25;;/h4-6,13,15,18,21H,1-3,7-12,14H2,(H,22,27);2*1H. The Morgan fingerprint density at radius 2 is 1.90 bits per heavy atom. The largest absolute Gasteiger partial charge is 0.321 e. The third-order valence-electron chi connectivity index (χ3n) is 5.47. The van der Waals surface area contributed by atoms with Crippen LogP contribution in [-0.4, -0.2) is 52.0 Å². The van der Waals surface area contributed by atoms with E-state index in [9.17, 15) is 4.79 Å². The third kappa shape index (κ3) is 6.40. The molecule has 29 heavy (non-hydrogen) atoms. The molecule has 9 heteroatoms. The molecule has 2 saturated heterocycles. The Morgan fingerprint density at radius 1 is 1.14 bits per heavy atom.